The number of nitrogens with two attached hydrogens (primary N) is 1. The lowest BCUT2D eigenvalue weighted by atomic mass is 10.2. The van der Waals surface area contributed by atoms with Crippen LogP contribution in [0.25, 0.3) is 0 Å². The zero-order chi connectivity index (χ0) is 12.3. The van der Waals surface area contributed by atoms with E-state index in [1.165, 1.54) is 0 Å². The summed E-state index contributed by atoms with van der Waals surface area (Å²) < 4.78 is 36.8. The second kappa shape index (κ2) is 6.32. The minimum atomic E-state index is -4.46. The highest BCUT2D eigenvalue weighted by molar-refractivity contribution is 8.13. The lowest BCUT2D eigenvalue weighted by Crippen LogP contribution is -2.07. The van der Waals surface area contributed by atoms with Crippen molar-refractivity contribution in [1.29, 1.82) is 5.41 Å². The molecule has 0 unspecified atom stereocenters. The van der Waals surface area contributed by atoms with Crippen LogP contribution in [0, 0.1) is 5.41 Å². The molecule has 3 nitrogen and oxygen atoms in total. The Morgan fingerprint density at radius 3 is 2.53 bits per heavy atom. The number of pyridine rings is 1. The summed E-state index contributed by atoms with van der Waals surface area (Å²) in [4.78, 5) is 3.59. The highest BCUT2D eigenvalue weighted by Gasteiger charge is 2.31. The van der Waals surface area contributed by atoms with Gasteiger partial charge in [-0.1, -0.05) is 23.4 Å². The molecule has 1 heterocycles. The number of hydrogen-bond acceptors (Lipinski definition) is 3. The van der Waals surface area contributed by atoms with E-state index in [-0.39, 0.29) is 34.0 Å². The molecule has 96 valence electrons. The van der Waals surface area contributed by atoms with Crippen LogP contribution in [0.2, 0.25) is 5.02 Å². The number of alkyl halides is 3. The van der Waals surface area contributed by atoms with E-state index in [9.17, 15) is 13.2 Å². The maximum absolute atomic E-state index is 12.3. The van der Waals surface area contributed by atoms with E-state index in [0.717, 1.165) is 17.8 Å². The summed E-state index contributed by atoms with van der Waals surface area (Å²) in [6.45, 7) is 0. The van der Waals surface area contributed by atoms with Crippen molar-refractivity contribution in [2.45, 2.75) is 11.9 Å². The Labute approximate surface area is 111 Å². The Morgan fingerprint density at radius 2 is 2.12 bits per heavy atom. The second-order valence-corrected chi connectivity index (χ2v) is 4.23. The van der Waals surface area contributed by atoms with Crippen LogP contribution >= 0.6 is 35.8 Å². The molecule has 0 spiro atoms. The Morgan fingerprint density at radius 1 is 1.53 bits per heavy atom. The number of nitrogens with one attached hydrogen (secondary N) is 1. The summed E-state index contributed by atoms with van der Waals surface area (Å²) in [7, 11) is 0. The van der Waals surface area contributed by atoms with E-state index in [4.69, 9.17) is 22.7 Å². The largest absolute Gasteiger partial charge is 0.417 e. The molecular formula is C8H8Cl2F3N3S. The fraction of sp³-hybridized carbons (Fsp3) is 0.250. The van der Waals surface area contributed by atoms with Crippen LogP contribution in [0.1, 0.15) is 11.3 Å². The zero-order valence-electron chi connectivity index (χ0n) is 8.21. The topological polar surface area (TPSA) is 62.8 Å². The van der Waals surface area contributed by atoms with E-state index in [0.29, 0.717) is 6.20 Å². The van der Waals surface area contributed by atoms with Gasteiger partial charge in [0.1, 0.15) is 0 Å². The molecule has 0 aromatic carbocycles. The average Bonchev–Trinajstić information content (AvgIpc) is 2.14. The molecule has 0 aliphatic carbocycles. The van der Waals surface area contributed by atoms with Gasteiger partial charge in [0, 0.05) is 11.9 Å². The van der Waals surface area contributed by atoms with Gasteiger partial charge in [0.25, 0.3) is 0 Å². The van der Waals surface area contributed by atoms with Crippen molar-refractivity contribution >= 4 is 40.9 Å². The first kappa shape index (κ1) is 16.3. The monoisotopic (exact) mass is 305 g/mol. The highest BCUT2D eigenvalue weighted by atomic mass is 35.5. The number of hydrogen-bond donors (Lipinski definition) is 2. The van der Waals surface area contributed by atoms with Gasteiger partial charge in [0.2, 0.25) is 0 Å². The van der Waals surface area contributed by atoms with E-state index < -0.39 is 11.7 Å². The van der Waals surface area contributed by atoms with Gasteiger partial charge >= 0.3 is 6.18 Å². The number of amidine groups is 1. The Bertz CT molecular complexity index is 411. The molecule has 17 heavy (non-hydrogen) atoms. The Kier molecular flexibility index (Phi) is 6.08. The summed E-state index contributed by atoms with van der Waals surface area (Å²) in [5, 5.41) is 6.72. The van der Waals surface area contributed by atoms with E-state index >= 15 is 0 Å². The first-order valence-electron chi connectivity index (χ1n) is 3.99. The number of rotatable bonds is 2. The highest BCUT2D eigenvalue weighted by Crippen LogP contribution is 2.31. The predicted octanol–water partition coefficient (Wildman–Crippen LogP) is 3.30. The molecule has 0 saturated heterocycles. The van der Waals surface area contributed by atoms with Gasteiger partial charge in [0.15, 0.2) is 5.17 Å². The first-order chi connectivity index (χ1) is 7.30. The molecule has 0 aliphatic rings. The molecule has 0 fully saturated rings. The van der Waals surface area contributed by atoms with Crippen LogP contribution in [0.4, 0.5) is 13.2 Å². The van der Waals surface area contributed by atoms with Crippen LogP contribution < -0.4 is 5.73 Å². The van der Waals surface area contributed by atoms with Crippen molar-refractivity contribution in [3.63, 3.8) is 0 Å². The van der Waals surface area contributed by atoms with Gasteiger partial charge < -0.3 is 5.73 Å². The van der Waals surface area contributed by atoms with E-state index in [1.807, 2.05) is 0 Å². The van der Waals surface area contributed by atoms with Crippen LogP contribution in [-0.2, 0) is 11.9 Å². The van der Waals surface area contributed by atoms with E-state index in [2.05, 4.69) is 4.98 Å². The average molecular weight is 306 g/mol. The summed E-state index contributed by atoms with van der Waals surface area (Å²) in [6, 6.07) is 0.810. The molecular weight excluding hydrogens is 298 g/mol. The van der Waals surface area contributed by atoms with Crippen molar-refractivity contribution in [2.75, 3.05) is 0 Å². The van der Waals surface area contributed by atoms with Crippen molar-refractivity contribution in [1.82, 2.24) is 4.98 Å². The van der Waals surface area contributed by atoms with Crippen molar-refractivity contribution in [3.05, 3.63) is 28.5 Å². The van der Waals surface area contributed by atoms with Gasteiger partial charge in [-0.25, -0.2) is 0 Å². The van der Waals surface area contributed by atoms with Gasteiger partial charge in [0.05, 0.1) is 16.3 Å². The predicted molar refractivity (Wildman–Crippen MR) is 64.7 cm³/mol. The van der Waals surface area contributed by atoms with E-state index in [1.54, 1.807) is 0 Å². The third-order valence-electron chi connectivity index (χ3n) is 1.61. The summed E-state index contributed by atoms with van der Waals surface area (Å²) >= 11 is 6.58. The quantitative estimate of drug-likeness (QED) is 0.651. The molecule has 0 bridgehead atoms. The van der Waals surface area contributed by atoms with Crippen LogP contribution in [0.5, 0.6) is 0 Å². The molecule has 1 aromatic rings. The molecule has 0 amide bonds. The fourth-order valence-corrected chi connectivity index (χ4v) is 1.71. The molecule has 0 radical (unpaired) electrons. The lowest BCUT2D eigenvalue weighted by molar-refractivity contribution is -0.137. The Balaban J connectivity index is 0.00000256. The van der Waals surface area contributed by atoms with Gasteiger partial charge in [-0.2, -0.15) is 13.2 Å². The third-order valence-corrected chi connectivity index (χ3v) is 2.67. The maximum atomic E-state index is 12.3. The molecule has 3 N–H and O–H groups in total. The lowest BCUT2D eigenvalue weighted by Gasteiger charge is -2.08. The third kappa shape index (κ3) is 5.01. The van der Waals surface area contributed by atoms with Gasteiger partial charge in [-0.3, -0.25) is 10.4 Å². The zero-order valence-corrected chi connectivity index (χ0v) is 10.6. The number of thioether (sulfide) groups is 1. The second-order valence-electron chi connectivity index (χ2n) is 2.80. The maximum Gasteiger partial charge on any atom is 0.417 e. The van der Waals surface area contributed by atoms with Crippen molar-refractivity contribution in [2.24, 2.45) is 5.73 Å². The van der Waals surface area contributed by atoms with Gasteiger partial charge in [-0.15, -0.1) is 12.4 Å². The molecule has 9 heteroatoms. The minimum absolute atomic E-state index is 0. The van der Waals surface area contributed by atoms with Crippen molar-refractivity contribution < 1.29 is 13.2 Å². The standard InChI is InChI=1S/C8H7ClF3N3S.ClH/c9-5-1-4(8(10,11)12)2-15-6(5)3-16-7(13)14;/h1-2H,3H2,(H3,13,14);1H. The SMILES string of the molecule is Cl.N=C(N)SCc1ncc(C(F)(F)F)cc1Cl. The normalized spacial score (nSPS) is 10.8. The fourth-order valence-electron chi connectivity index (χ4n) is 0.874. The first-order valence-corrected chi connectivity index (χ1v) is 5.35. The van der Waals surface area contributed by atoms with Crippen molar-refractivity contribution in [3.8, 4) is 0 Å². The summed E-state index contributed by atoms with van der Waals surface area (Å²) in [5.74, 6) is 0.173. The van der Waals surface area contributed by atoms with Crippen LogP contribution in [0.3, 0.4) is 0 Å². The Hall–Kier alpha value is -0.660. The molecule has 0 atom stereocenters. The van der Waals surface area contributed by atoms with Crippen LogP contribution in [-0.4, -0.2) is 10.2 Å². The van der Waals surface area contributed by atoms with Gasteiger partial charge in [-0.05, 0) is 6.07 Å². The molecule has 0 aliphatic heterocycles. The molecule has 1 rings (SSSR count). The number of halogens is 5. The number of aromatic nitrogens is 1. The molecule has 1 aromatic heterocycles. The number of nitrogens with zero attached hydrogens (tertiary/aromatic N) is 1. The molecule has 0 saturated carbocycles. The van der Waals surface area contributed by atoms with Crippen LogP contribution in [0.15, 0.2) is 12.3 Å². The minimum Gasteiger partial charge on any atom is -0.379 e. The summed E-state index contributed by atoms with van der Waals surface area (Å²) in [6.07, 6.45) is -3.75. The summed E-state index contributed by atoms with van der Waals surface area (Å²) in [5.41, 5.74) is 4.46. The smallest absolute Gasteiger partial charge is 0.379 e.